The summed E-state index contributed by atoms with van der Waals surface area (Å²) in [7, 11) is 0. The van der Waals surface area contributed by atoms with Gasteiger partial charge in [0.15, 0.2) is 0 Å². The van der Waals surface area contributed by atoms with Crippen LogP contribution in [0.1, 0.15) is 44.6 Å². The monoisotopic (exact) mass is 530 g/mol. The van der Waals surface area contributed by atoms with Gasteiger partial charge in [0.1, 0.15) is 5.75 Å². The molecule has 36 heavy (non-hydrogen) atoms. The first-order valence-electron chi connectivity index (χ1n) is 12.4. The van der Waals surface area contributed by atoms with Crippen molar-refractivity contribution in [3.63, 3.8) is 0 Å². The van der Waals surface area contributed by atoms with Crippen LogP contribution in [-0.4, -0.2) is 46.7 Å². The number of aryl methyl sites for hydroxylation is 1. The standard InChI is InChI=1S/C27H32Cl2N4O3/c1-18(2)35-22-8-5-19(6-9-22)4-3-13-30-27(34)20-11-14-33(15-12-20)17-25-31-26(32-36-25)23-10-7-21(28)16-24(23)29/h5-10,16,18,20H,3-4,11-15,17H2,1-2H3,(H,30,34). The number of halogens is 2. The lowest BCUT2D eigenvalue weighted by Gasteiger charge is -2.30. The zero-order valence-electron chi connectivity index (χ0n) is 20.7. The fraction of sp³-hybridized carbons (Fsp3) is 0.444. The number of nitrogens with zero attached hydrogens (tertiary/aromatic N) is 3. The van der Waals surface area contributed by atoms with Gasteiger partial charge in [-0.1, -0.05) is 40.5 Å². The summed E-state index contributed by atoms with van der Waals surface area (Å²) in [5.74, 6) is 2.05. The highest BCUT2D eigenvalue weighted by Gasteiger charge is 2.26. The Bertz CT molecular complexity index is 1140. The van der Waals surface area contributed by atoms with E-state index < -0.39 is 0 Å². The van der Waals surface area contributed by atoms with Crippen molar-refractivity contribution in [2.24, 2.45) is 5.92 Å². The summed E-state index contributed by atoms with van der Waals surface area (Å²) in [5.41, 5.74) is 1.93. The Kier molecular flexibility index (Phi) is 9.24. The fourth-order valence-electron chi connectivity index (χ4n) is 4.30. The molecule has 4 rings (SSSR count). The van der Waals surface area contributed by atoms with E-state index >= 15 is 0 Å². The normalized spacial score (nSPS) is 14.8. The van der Waals surface area contributed by atoms with Crippen molar-refractivity contribution in [2.45, 2.75) is 52.2 Å². The second-order valence-electron chi connectivity index (χ2n) is 9.39. The summed E-state index contributed by atoms with van der Waals surface area (Å²) >= 11 is 12.2. The zero-order chi connectivity index (χ0) is 25.5. The summed E-state index contributed by atoms with van der Waals surface area (Å²) in [6, 6.07) is 13.4. The van der Waals surface area contributed by atoms with Gasteiger partial charge in [0, 0.05) is 23.0 Å². The molecule has 2 heterocycles. The number of aromatic nitrogens is 2. The van der Waals surface area contributed by atoms with E-state index in [0.717, 1.165) is 44.5 Å². The van der Waals surface area contributed by atoms with Crippen LogP contribution in [0.3, 0.4) is 0 Å². The second-order valence-corrected chi connectivity index (χ2v) is 10.2. The molecule has 1 fully saturated rings. The predicted octanol–water partition coefficient (Wildman–Crippen LogP) is 5.79. The average Bonchev–Trinajstić information content (AvgIpc) is 3.31. The van der Waals surface area contributed by atoms with Crippen LogP contribution in [0.2, 0.25) is 10.0 Å². The first-order chi connectivity index (χ1) is 17.4. The van der Waals surface area contributed by atoms with Crippen LogP contribution in [0.4, 0.5) is 0 Å². The predicted molar refractivity (Wildman–Crippen MR) is 141 cm³/mol. The highest BCUT2D eigenvalue weighted by atomic mass is 35.5. The van der Waals surface area contributed by atoms with Crippen molar-refractivity contribution < 1.29 is 14.1 Å². The van der Waals surface area contributed by atoms with Crippen molar-refractivity contribution in [2.75, 3.05) is 19.6 Å². The number of carbonyl (C=O) groups excluding carboxylic acids is 1. The average molecular weight is 531 g/mol. The number of carbonyl (C=O) groups is 1. The molecule has 0 aliphatic carbocycles. The number of hydrogen-bond donors (Lipinski definition) is 1. The lowest BCUT2D eigenvalue weighted by atomic mass is 9.96. The van der Waals surface area contributed by atoms with Crippen LogP contribution < -0.4 is 10.1 Å². The van der Waals surface area contributed by atoms with Gasteiger partial charge in [-0.3, -0.25) is 9.69 Å². The lowest BCUT2D eigenvalue weighted by molar-refractivity contribution is -0.126. The van der Waals surface area contributed by atoms with Crippen molar-refractivity contribution >= 4 is 29.1 Å². The summed E-state index contributed by atoms with van der Waals surface area (Å²) in [6.45, 7) is 6.88. The molecule has 9 heteroatoms. The number of ether oxygens (including phenoxy) is 1. The molecule has 0 saturated carbocycles. The first-order valence-corrected chi connectivity index (χ1v) is 13.2. The van der Waals surface area contributed by atoms with E-state index in [1.807, 2.05) is 26.0 Å². The Morgan fingerprint density at radius 1 is 1.17 bits per heavy atom. The van der Waals surface area contributed by atoms with E-state index in [1.165, 1.54) is 5.56 Å². The van der Waals surface area contributed by atoms with Gasteiger partial charge in [-0.25, -0.2) is 0 Å². The molecule has 1 amide bonds. The van der Waals surface area contributed by atoms with Gasteiger partial charge in [0.25, 0.3) is 0 Å². The number of nitrogens with one attached hydrogen (secondary N) is 1. The molecule has 3 aromatic rings. The molecular weight excluding hydrogens is 499 g/mol. The molecule has 1 N–H and O–H groups in total. The summed E-state index contributed by atoms with van der Waals surface area (Å²) < 4.78 is 11.1. The maximum absolute atomic E-state index is 12.6. The minimum absolute atomic E-state index is 0.0415. The van der Waals surface area contributed by atoms with Gasteiger partial charge in [-0.15, -0.1) is 0 Å². The molecule has 1 aliphatic heterocycles. The summed E-state index contributed by atoms with van der Waals surface area (Å²) in [5, 5.41) is 8.20. The Morgan fingerprint density at radius 2 is 1.92 bits per heavy atom. The lowest BCUT2D eigenvalue weighted by Crippen LogP contribution is -2.40. The molecule has 0 bridgehead atoms. The molecule has 192 valence electrons. The van der Waals surface area contributed by atoms with E-state index in [9.17, 15) is 4.79 Å². The second kappa shape index (κ2) is 12.6. The zero-order valence-corrected chi connectivity index (χ0v) is 22.2. The van der Waals surface area contributed by atoms with E-state index in [1.54, 1.807) is 18.2 Å². The van der Waals surface area contributed by atoms with Crippen molar-refractivity contribution in [3.8, 4) is 17.1 Å². The highest BCUT2D eigenvalue weighted by Crippen LogP contribution is 2.29. The Hall–Kier alpha value is -2.61. The Labute approximate surface area is 222 Å². The van der Waals surface area contributed by atoms with Gasteiger partial charge in [0.05, 0.1) is 17.7 Å². The van der Waals surface area contributed by atoms with Gasteiger partial charge in [-0.2, -0.15) is 4.98 Å². The topological polar surface area (TPSA) is 80.5 Å². The quantitative estimate of drug-likeness (QED) is 0.334. The third-order valence-corrected chi connectivity index (χ3v) is 6.74. The van der Waals surface area contributed by atoms with Crippen molar-refractivity contribution in [1.29, 1.82) is 0 Å². The van der Waals surface area contributed by atoms with Crippen LogP contribution >= 0.6 is 23.2 Å². The van der Waals surface area contributed by atoms with Crippen LogP contribution in [0.15, 0.2) is 47.0 Å². The smallest absolute Gasteiger partial charge is 0.241 e. The minimum atomic E-state index is 0.0415. The molecule has 0 atom stereocenters. The molecule has 2 aromatic carbocycles. The number of piperidine rings is 1. The van der Waals surface area contributed by atoms with Gasteiger partial charge in [0.2, 0.25) is 17.6 Å². The van der Waals surface area contributed by atoms with E-state index in [4.69, 9.17) is 32.5 Å². The SMILES string of the molecule is CC(C)Oc1ccc(CCCNC(=O)C2CCN(Cc3nc(-c4ccc(Cl)cc4Cl)no3)CC2)cc1. The maximum atomic E-state index is 12.6. The highest BCUT2D eigenvalue weighted by molar-refractivity contribution is 6.36. The molecule has 1 saturated heterocycles. The molecular formula is C27H32Cl2N4O3. The van der Waals surface area contributed by atoms with Crippen molar-refractivity contribution in [3.05, 3.63) is 64.0 Å². The maximum Gasteiger partial charge on any atom is 0.241 e. The summed E-state index contributed by atoms with van der Waals surface area (Å²) in [4.78, 5) is 19.3. The third kappa shape index (κ3) is 7.45. The minimum Gasteiger partial charge on any atom is -0.491 e. The molecule has 0 spiro atoms. The molecule has 0 radical (unpaired) electrons. The van der Waals surface area contributed by atoms with Crippen LogP contribution in [0, 0.1) is 5.92 Å². The van der Waals surface area contributed by atoms with Crippen LogP contribution in [0.5, 0.6) is 5.75 Å². The van der Waals surface area contributed by atoms with E-state index in [-0.39, 0.29) is 17.9 Å². The van der Waals surface area contributed by atoms with Gasteiger partial charge < -0.3 is 14.6 Å². The Balaban J connectivity index is 1.15. The molecule has 1 aliphatic rings. The number of rotatable bonds is 10. The number of amides is 1. The van der Waals surface area contributed by atoms with E-state index in [0.29, 0.717) is 40.4 Å². The summed E-state index contributed by atoms with van der Waals surface area (Å²) in [6.07, 6.45) is 3.63. The van der Waals surface area contributed by atoms with Crippen molar-refractivity contribution in [1.82, 2.24) is 20.4 Å². The largest absolute Gasteiger partial charge is 0.491 e. The van der Waals surface area contributed by atoms with Crippen LogP contribution in [-0.2, 0) is 17.8 Å². The number of hydrogen-bond acceptors (Lipinski definition) is 6. The van der Waals surface area contributed by atoms with Crippen LogP contribution in [0.25, 0.3) is 11.4 Å². The first kappa shape index (κ1) is 26.5. The van der Waals surface area contributed by atoms with Gasteiger partial charge in [-0.05, 0) is 88.5 Å². The molecule has 1 aromatic heterocycles. The molecule has 7 nitrogen and oxygen atoms in total. The van der Waals surface area contributed by atoms with Gasteiger partial charge >= 0.3 is 0 Å². The molecule has 0 unspecified atom stereocenters. The third-order valence-electron chi connectivity index (χ3n) is 6.19. The number of likely N-dealkylation sites (tertiary alicyclic amines) is 1. The van der Waals surface area contributed by atoms with E-state index in [2.05, 4.69) is 32.5 Å². The Morgan fingerprint density at radius 3 is 2.61 bits per heavy atom. The fourth-order valence-corrected chi connectivity index (χ4v) is 4.79. The number of benzene rings is 2.